The number of nitrogens with one attached hydrogen (secondary N) is 2. The number of urea groups is 1. The van der Waals surface area contributed by atoms with Crippen LogP contribution >= 0.6 is 0 Å². The van der Waals surface area contributed by atoms with Crippen molar-refractivity contribution in [3.8, 4) is 5.75 Å². The molecular formula is C20H25N3O3. The molecule has 26 heavy (non-hydrogen) atoms. The molecule has 2 N–H and O–H groups in total. The second kappa shape index (κ2) is 9.10. The first-order valence-electron chi connectivity index (χ1n) is 8.88. The zero-order valence-corrected chi connectivity index (χ0v) is 15.0. The molecule has 0 radical (unpaired) electrons. The van der Waals surface area contributed by atoms with Crippen LogP contribution in [0, 0.1) is 6.92 Å². The van der Waals surface area contributed by atoms with Gasteiger partial charge in [-0.2, -0.15) is 0 Å². The van der Waals surface area contributed by atoms with E-state index < -0.39 is 0 Å². The quantitative estimate of drug-likeness (QED) is 0.782. The van der Waals surface area contributed by atoms with Crippen LogP contribution in [0.15, 0.2) is 48.5 Å². The smallest absolute Gasteiger partial charge is 0.319 e. The zero-order valence-electron chi connectivity index (χ0n) is 15.0. The highest BCUT2D eigenvalue weighted by Gasteiger charge is 2.15. The molecule has 138 valence electrons. The van der Waals surface area contributed by atoms with Gasteiger partial charge in [0, 0.05) is 13.1 Å². The van der Waals surface area contributed by atoms with Crippen molar-refractivity contribution in [2.24, 2.45) is 0 Å². The minimum atomic E-state index is -0.237. The Balaban J connectivity index is 1.47. The van der Waals surface area contributed by atoms with Crippen molar-refractivity contribution in [3.05, 3.63) is 54.1 Å². The molecule has 2 amide bonds. The Morgan fingerprint density at radius 2 is 1.96 bits per heavy atom. The van der Waals surface area contributed by atoms with Crippen LogP contribution in [0.5, 0.6) is 5.75 Å². The first-order chi connectivity index (χ1) is 12.7. The maximum absolute atomic E-state index is 12.2. The maximum Gasteiger partial charge on any atom is 0.319 e. The predicted octanol–water partition coefficient (Wildman–Crippen LogP) is 3.03. The highest BCUT2D eigenvalue weighted by Crippen LogP contribution is 2.26. The highest BCUT2D eigenvalue weighted by molar-refractivity contribution is 5.93. The van der Waals surface area contributed by atoms with Gasteiger partial charge in [-0.25, -0.2) is 4.79 Å². The Morgan fingerprint density at radius 1 is 1.15 bits per heavy atom. The highest BCUT2D eigenvalue weighted by atomic mass is 16.5. The average molecular weight is 355 g/mol. The van der Waals surface area contributed by atoms with Gasteiger partial charge in [0.2, 0.25) is 0 Å². The molecule has 2 aromatic carbocycles. The Kier molecular flexibility index (Phi) is 6.33. The number of hydrogen-bond acceptors (Lipinski definition) is 4. The second-order valence-electron chi connectivity index (χ2n) is 6.16. The molecule has 0 bridgehead atoms. The molecule has 0 atom stereocenters. The molecule has 1 saturated heterocycles. The summed E-state index contributed by atoms with van der Waals surface area (Å²) in [6.45, 7) is 5.93. The van der Waals surface area contributed by atoms with E-state index in [4.69, 9.17) is 9.47 Å². The van der Waals surface area contributed by atoms with Gasteiger partial charge < -0.3 is 25.0 Å². The number of hydrogen-bond donors (Lipinski definition) is 2. The number of aryl methyl sites for hydroxylation is 1. The molecule has 1 aliphatic rings. The minimum absolute atomic E-state index is 0.237. The standard InChI is InChI=1S/C20H25N3O3/c1-16-5-4-6-17(15-16)26-12-9-21-20(24)22-18-7-2-3-8-19(18)23-10-13-25-14-11-23/h2-8,15H,9-14H2,1H3,(H2,21,22,24). The average Bonchev–Trinajstić information content (AvgIpc) is 2.66. The van der Waals surface area contributed by atoms with Gasteiger partial charge in [-0.1, -0.05) is 24.3 Å². The number of nitrogens with zero attached hydrogens (tertiary/aromatic N) is 1. The summed E-state index contributed by atoms with van der Waals surface area (Å²) in [7, 11) is 0. The summed E-state index contributed by atoms with van der Waals surface area (Å²) in [4.78, 5) is 14.4. The van der Waals surface area contributed by atoms with E-state index in [1.807, 2.05) is 55.5 Å². The van der Waals surface area contributed by atoms with Gasteiger partial charge in [0.05, 0.1) is 31.1 Å². The van der Waals surface area contributed by atoms with E-state index in [0.717, 1.165) is 35.8 Å². The number of anilines is 2. The molecule has 0 aromatic heterocycles. The van der Waals surface area contributed by atoms with Crippen molar-refractivity contribution < 1.29 is 14.3 Å². The third-order valence-corrected chi connectivity index (χ3v) is 4.15. The minimum Gasteiger partial charge on any atom is -0.492 e. The fourth-order valence-electron chi connectivity index (χ4n) is 2.86. The van der Waals surface area contributed by atoms with Crippen molar-refractivity contribution in [3.63, 3.8) is 0 Å². The van der Waals surface area contributed by atoms with E-state index in [9.17, 15) is 4.79 Å². The molecule has 0 unspecified atom stereocenters. The van der Waals surface area contributed by atoms with Crippen molar-refractivity contribution in [1.82, 2.24) is 5.32 Å². The van der Waals surface area contributed by atoms with Gasteiger partial charge in [0.15, 0.2) is 0 Å². The van der Waals surface area contributed by atoms with Crippen LogP contribution in [0.25, 0.3) is 0 Å². The molecule has 6 heteroatoms. The maximum atomic E-state index is 12.2. The van der Waals surface area contributed by atoms with E-state index in [1.54, 1.807) is 0 Å². The zero-order chi connectivity index (χ0) is 18.2. The van der Waals surface area contributed by atoms with E-state index in [0.29, 0.717) is 26.4 Å². The van der Waals surface area contributed by atoms with Gasteiger partial charge >= 0.3 is 6.03 Å². The Bertz CT molecular complexity index is 730. The molecule has 3 rings (SSSR count). The summed E-state index contributed by atoms with van der Waals surface area (Å²) in [5.74, 6) is 0.810. The topological polar surface area (TPSA) is 62.8 Å². The monoisotopic (exact) mass is 355 g/mol. The molecular weight excluding hydrogens is 330 g/mol. The number of ether oxygens (including phenoxy) is 2. The lowest BCUT2D eigenvalue weighted by molar-refractivity contribution is 0.123. The van der Waals surface area contributed by atoms with Crippen molar-refractivity contribution in [2.45, 2.75) is 6.92 Å². The number of carbonyl (C=O) groups is 1. The van der Waals surface area contributed by atoms with Crippen LogP contribution in [-0.2, 0) is 4.74 Å². The summed E-state index contributed by atoms with van der Waals surface area (Å²) in [6.07, 6.45) is 0. The summed E-state index contributed by atoms with van der Waals surface area (Å²) in [5, 5.41) is 5.76. The molecule has 0 spiro atoms. The number of carbonyl (C=O) groups excluding carboxylic acids is 1. The second-order valence-corrected chi connectivity index (χ2v) is 6.16. The lowest BCUT2D eigenvalue weighted by Gasteiger charge is -2.30. The Labute approximate surface area is 154 Å². The van der Waals surface area contributed by atoms with Crippen LogP contribution in [0.4, 0.5) is 16.2 Å². The molecule has 0 saturated carbocycles. The Morgan fingerprint density at radius 3 is 2.77 bits per heavy atom. The van der Waals surface area contributed by atoms with Gasteiger partial charge in [-0.05, 0) is 36.8 Å². The van der Waals surface area contributed by atoms with Gasteiger partial charge in [0.1, 0.15) is 12.4 Å². The van der Waals surface area contributed by atoms with Crippen molar-refractivity contribution in [2.75, 3.05) is 49.7 Å². The first-order valence-corrected chi connectivity index (χ1v) is 8.88. The molecule has 1 fully saturated rings. The van der Waals surface area contributed by atoms with E-state index >= 15 is 0 Å². The molecule has 6 nitrogen and oxygen atoms in total. The van der Waals surface area contributed by atoms with Crippen LogP contribution in [0.3, 0.4) is 0 Å². The molecule has 0 aliphatic carbocycles. The number of benzene rings is 2. The van der Waals surface area contributed by atoms with Crippen LogP contribution < -0.4 is 20.3 Å². The largest absolute Gasteiger partial charge is 0.492 e. The third kappa shape index (κ3) is 5.13. The molecule has 2 aromatic rings. The number of rotatable bonds is 6. The van der Waals surface area contributed by atoms with Gasteiger partial charge in [0.25, 0.3) is 0 Å². The van der Waals surface area contributed by atoms with Crippen LogP contribution in [-0.4, -0.2) is 45.5 Å². The normalized spacial score (nSPS) is 14.0. The van der Waals surface area contributed by atoms with Crippen LogP contribution in [0.2, 0.25) is 0 Å². The summed E-state index contributed by atoms with van der Waals surface area (Å²) < 4.78 is 11.0. The van der Waals surface area contributed by atoms with Crippen molar-refractivity contribution >= 4 is 17.4 Å². The lowest BCUT2D eigenvalue weighted by Crippen LogP contribution is -2.37. The first kappa shape index (κ1) is 18.1. The Hall–Kier alpha value is -2.73. The molecule has 1 aliphatic heterocycles. The number of para-hydroxylation sites is 2. The lowest BCUT2D eigenvalue weighted by atomic mass is 10.2. The van der Waals surface area contributed by atoms with E-state index in [-0.39, 0.29) is 6.03 Å². The van der Waals surface area contributed by atoms with Crippen molar-refractivity contribution in [1.29, 1.82) is 0 Å². The number of amides is 2. The fraction of sp³-hybridized carbons (Fsp3) is 0.350. The summed E-state index contributed by atoms with van der Waals surface area (Å²) >= 11 is 0. The predicted molar refractivity (Wildman–Crippen MR) is 103 cm³/mol. The third-order valence-electron chi connectivity index (χ3n) is 4.15. The fourth-order valence-corrected chi connectivity index (χ4v) is 2.86. The summed E-state index contributed by atoms with van der Waals surface area (Å²) in [5.41, 5.74) is 2.96. The SMILES string of the molecule is Cc1cccc(OCCNC(=O)Nc2ccccc2N2CCOCC2)c1. The molecule has 1 heterocycles. The van der Waals surface area contributed by atoms with E-state index in [1.165, 1.54) is 0 Å². The van der Waals surface area contributed by atoms with E-state index in [2.05, 4.69) is 15.5 Å². The van der Waals surface area contributed by atoms with Gasteiger partial charge in [-0.15, -0.1) is 0 Å². The number of morpholine rings is 1. The van der Waals surface area contributed by atoms with Gasteiger partial charge in [-0.3, -0.25) is 0 Å². The summed E-state index contributed by atoms with van der Waals surface area (Å²) in [6, 6.07) is 15.4. The van der Waals surface area contributed by atoms with Crippen LogP contribution in [0.1, 0.15) is 5.56 Å².